The smallest absolute Gasteiger partial charge is 0.481 e. The van der Waals surface area contributed by atoms with Gasteiger partial charge in [0.15, 0.2) is 0 Å². The van der Waals surface area contributed by atoms with Gasteiger partial charge in [-0.3, -0.25) is 4.79 Å². The van der Waals surface area contributed by atoms with E-state index in [0.717, 1.165) is 12.8 Å². The zero-order valence-electron chi connectivity index (χ0n) is 11.5. The van der Waals surface area contributed by atoms with E-state index in [2.05, 4.69) is 11.8 Å². The molecule has 0 aromatic heterocycles. The van der Waals surface area contributed by atoms with E-state index in [1.165, 1.54) is 24.3 Å². The maximum absolute atomic E-state index is 9.76. The second kappa shape index (κ2) is 21.4. The van der Waals surface area contributed by atoms with Crippen molar-refractivity contribution in [2.24, 2.45) is 0 Å². The Balaban J connectivity index is -0.000000181. The number of carboxylic acid groups (broad SMARTS) is 3. The van der Waals surface area contributed by atoms with Crippen molar-refractivity contribution in [1.29, 1.82) is 0 Å². The van der Waals surface area contributed by atoms with Crippen LogP contribution in [0.15, 0.2) is 0 Å². The van der Waals surface area contributed by atoms with Crippen LogP contribution in [0.3, 0.4) is 0 Å². The first-order valence-electron chi connectivity index (χ1n) is 6.22. The van der Waals surface area contributed by atoms with E-state index < -0.39 is 12.1 Å². The highest BCUT2D eigenvalue weighted by Gasteiger charge is 1.95. The van der Waals surface area contributed by atoms with Crippen molar-refractivity contribution < 1.29 is 24.9 Å². The van der Waals surface area contributed by atoms with Gasteiger partial charge in [0.2, 0.25) is 0 Å². The van der Waals surface area contributed by atoms with E-state index in [1.54, 1.807) is 0 Å². The molecule has 0 saturated carbocycles. The molecule has 110 valence electrons. The molecule has 0 bridgehead atoms. The normalized spacial score (nSPS) is 11.7. The summed E-state index contributed by atoms with van der Waals surface area (Å²) in [6.07, 6.45) is 3.17. The van der Waals surface area contributed by atoms with Crippen LogP contribution in [0.4, 0.5) is 4.79 Å². The number of aliphatic carboxylic acids is 1. The minimum atomic E-state index is -1.83. The standard InChI is InChI=1S/C5H10O2.C4H8S.C2H6.CH2O3/c1-2-3-4-5(6)7;1-2-4-5-3-1;1-2;2-1(3)4/h2-4H2,1H3,(H,6,7);1-4H2;1-2H3;(H2,2,3,4). The van der Waals surface area contributed by atoms with Crippen LogP contribution in [-0.4, -0.2) is 38.9 Å². The maximum Gasteiger partial charge on any atom is 0.503 e. The third-order valence-corrected chi connectivity index (χ3v) is 2.73. The minimum absolute atomic E-state index is 0.316. The lowest BCUT2D eigenvalue weighted by atomic mass is 10.3. The van der Waals surface area contributed by atoms with Gasteiger partial charge >= 0.3 is 12.1 Å². The summed E-state index contributed by atoms with van der Waals surface area (Å²) in [5.41, 5.74) is 0. The van der Waals surface area contributed by atoms with Gasteiger partial charge in [-0.2, -0.15) is 11.8 Å². The number of hydrogen-bond acceptors (Lipinski definition) is 3. The van der Waals surface area contributed by atoms with Crippen molar-refractivity contribution in [1.82, 2.24) is 0 Å². The van der Waals surface area contributed by atoms with Crippen LogP contribution in [0, 0.1) is 0 Å². The van der Waals surface area contributed by atoms with Crippen LogP contribution >= 0.6 is 11.8 Å². The Hall–Kier alpha value is -0.910. The summed E-state index contributed by atoms with van der Waals surface area (Å²) < 4.78 is 0. The van der Waals surface area contributed by atoms with Gasteiger partial charge in [0.25, 0.3) is 0 Å². The lowest BCUT2D eigenvalue weighted by Gasteiger charge is -1.85. The van der Waals surface area contributed by atoms with Crippen LogP contribution in [0.1, 0.15) is 52.9 Å². The lowest BCUT2D eigenvalue weighted by molar-refractivity contribution is -0.137. The van der Waals surface area contributed by atoms with E-state index in [9.17, 15) is 4.79 Å². The first-order valence-corrected chi connectivity index (χ1v) is 7.37. The highest BCUT2D eigenvalue weighted by atomic mass is 32.2. The number of thioether (sulfide) groups is 1. The predicted octanol–water partition coefficient (Wildman–Crippen LogP) is 4.02. The van der Waals surface area contributed by atoms with Gasteiger partial charge in [0.05, 0.1) is 0 Å². The zero-order chi connectivity index (χ0) is 14.8. The first kappa shape index (κ1) is 22.3. The van der Waals surface area contributed by atoms with Crippen molar-refractivity contribution in [3.8, 4) is 0 Å². The SMILES string of the molecule is C1CCSC1.CC.CCCCC(=O)O.O=C(O)O. The van der Waals surface area contributed by atoms with Gasteiger partial charge in [0.1, 0.15) is 0 Å². The molecule has 1 heterocycles. The van der Waals surface area contributed by atoms with Crippen LogP contribution in [0.5, 0.6) is 0 Å². The zero-order valence-corrected chi connectivity index (χ0v) is 12.3. The Bertz CT molecular complexity index is 170. The molecule has 1 saturated heterocycles. The number of rotatable bonds is 3. The maximum atomic E-state index is 9.76. The molecule has 0 aromatic carbocycles. The van der Waals surface area contributed by atoms with E-state index in [0.29, 0.717) is 6.42 Å². The molecule has 0 radical (unpaired) electrons. The molecule has 5 nitrogen and oxygen atoms in total. The average Bonchev–Trinajstić information content (AvgIpc) is 2.87. The Labute approximate surface area is 114 Å². The molecular weight excluding hydrogens is 256 g/mol. The molecule has 1 aliphatic heterocycles. The van der Waals surface area contributed by atoms with Gasteiger partial charge in [-0.25, -0.2) is 4.79 Å². The second-order valence-corrected chi connectivity index (χ2v) is 4.32. The summed E-state index contributed by atoms with van der Waals surface area (Å²) in [7, 11) is 0. The molecule has 0 atom stereocenters. The molecule has 3 N–H and O–H groups in total. The molecule has 18 heavy (non-hydrogen) atoms. The van der Waals surface area contributed by atoms with Crippen molar-refractivity contribution >= 4 is 23.9 Å². The first-order chi connectivity index (χ1) is 8.50. The summed E-state index contributed by atoms with van der Waals surface area (Å²) in [5.74, 6) is 2.14. The van der Waals surface area contributed by atoms with Crippen molar-refractivity contribution in [2.45, 2.75) is 52.9 Å². The third-order valence-electron chi connectivity index (χ3n) is 1.57. The number of carboxylic acids is 1. The molecule has 0 unspecified atom stereocenters. The molecule has 0 aliphatic carbocycles. The molecule has 0 spiro atoms. The van der Waals surface area contributed by atoms with Crippen molar-refractivity contribution in [2.75, 3.05) is 11.5 Å². The fourth-order valence-corrected chi connectivity index (χ4v) is 1.86. The minimum Gasteiger partial charge on any atom is -0.481 e. The van der Waals surface area contributed by atoms with E-state index in [4.69, 9.17) is 20.1 Å². The van der Waals surface area contributed by atoms with Gasteiger partial charge in [-0.05, 0) is 30.8 Å². The third kappa shape index (κ3) is 45.8. The quantitative estimate of drug-likeness (QED) is 0.723. The molecule has 0 aromatic rings. The van der Waals surface area contributed by atoms with Gasteiger partial charge in [0, 0.05) is 6.42 Å². The Morgan fingerprint density at radius 1 is 1.06 bits per heavy atom. The highest BCUT2D eigenvalue weighted by molar-refractivity contribution is 7.99. The monoisotopic (exact) mass is 282 g/mol. The number of carbonyl (C=O) groups is 2. The summed E-state index contributed by atoms with van der Waals surface area (Å²) in [4.78, 5) is 18.3. The average molecular weight is 282 g/mol. The van der Waals surface area contributed by atoms with E-state index in [-0.39, 0.29) is 0 Å². The fraction of sp³-hybridized carbons (Fsp3) is 0.833. The molecule has 1 fully saturated rings. The van der Waals surface area contributed by atoms with E-state index >= 15 is 0 Å². The van der Waals surface area contributed by atoms with E-state index in [1.807, 2.05) is 20.8 Å². The summed E-state index contributed by atoms with van der Waals surface area (Å²) >= 11 is 2.07. The number of unbranched alkanes of at least 4 members (excludes halogenated alkanes) is 1. The largest absolute Gasteiger partial charge is 0.503 e. The molecule has 6 heteroatoms. The van der Waals surface area contributed by atoms with Crippen LogP contribution in [0.25, 0.3) is 0 Å². The Morgan fingerprint density at radius 3 is 1.56 bits per heavy atom. The lowest BCUT2D eigenvalue weighted by Crippen LogP contribution is -1.91. The van der Waals surface area contributed by atoms with Crippen molar-refractivity contribution in [3.63, 3.8) is 0 Å². The summed E-state index contributed by atoms with van der Waals surface area (Å²) in [6, 6.07) is 0. The number of hydrogen-bond donors (Lipinski definition) is 3. The summed E-state index contributed by atoms with van der Waals surface area (Å²) in [6.45, 7) is 5.98. The molecular formula is C12H26O5S. The van der Waals surface area contributed by atoms with Crippen molar-refractivity contribution in [3.05, 3.63) is 0 Å². The van der Waals surface area contributed by atoms with Crippen LogP contribution in [-0.2, 0) is 4.79 Å². The topological polar surface area (TPSA) is 94.8 Å². The summed E-state index contributed by atoms with van der Waals surface area (Å²) in [5, 5.41) is 22.0. The molecule has 0 amide bonds. The Morgan fingerprint density at radius 2 is 1.44 bits per heavy atom. The fourth-order valence-electron chi connectivity index (χ4n) is 0.838. The van der Waals surface area contributed by atoms with Gasteiger partial charge < -0.3 is 15.3 Å². The Kier molecular flexibility index (Phi) is 26.5. The highest BCUT2D eigenvalue weighted by Crippen LogP contribution is 2.14. The van der Waals surface area contributed by atoms with Gasteiger partial charge in [-0.15, -0.1) is 0 Å². The van der Waals surface area contributed by atoms with Crippen LogP contribution < -0.4 is 0 Å². The van der Waals surface area contributed by atoms with Gasteiger partial charge in [-0.1, -0.05) is 27.2 Å². The predicted molar refractivity (Wildman–Crippen MR) is 75.7 cm³/mol. The van der Waals surface area contributed by atoms with Crippen LogP contribution in [0.2, 0.25) is 0 Å². The second-order valence-electron chi connectivity index (χ2n) is 3.10. The molecule has 1 aliphatic rings. The molecule has 1 rings (SSSR count).